The van der Waals surface area contributed by atoms with E-state index >= 15 is 0 Å². The van der Waals surface area contributed by atoms with Crippen LogP contribution >= 0.6 is 0 Å². The average molecular weight is 425 g/mol. The molecule has 1 unspecified atom stereocenters. The van der Waals surface area contributed by atoms with E-state index in [-0.39, 0.29) is 24.4 Å². The van der Waals surface area contributed by atoms with Crippen LogP contribution < -0.4 is 10.6 Å². The van der Waals surface area contributed by atoms with Crippen LogP contribution in [0.4, 0.5) is 19.1 Å². The molecule has 0 radical (unpaired) electrons. The predicted octanol–water partition coefficient (Wildman–Crippen LogP) is 1.66. The molecule has 1 saturated heterocycles. The summed E-state index contributed by atoms with van der Waals surface area (Å²) in [5.41, 5.74) is -1.21. The fraction of sp³-hybridized carbons (Fsp3) is 0.526. The molecule has 2 aliphatic rings. The quantitative estimate of drug-likeness (QED) is 0.778. The van der Waals surface area contributed by atoms with Crippen LogP contribution in [0, 0.1) is 13.8 Å². The first-order chi connectivity index (χ1) is 14.1. The third-order valence-corrected chi connectivity index (χ3v) is 5.65. The van der Waals surface area contributed by atoms with Crippen LogP contribution in [-0.4, -0.2) is 65.3 Å². The topological polar surface area (TPSA) is 88.5 Å². The lowest BCUT2D eigenvalue weighted by atomic mass is 10.1. The standard InChI is InChI=1S/C19H22F3N5O3/c1-11-9-13-14(10-12(11)2)27-17(23-13)24-16(29)18(27,19(20,21)22)25-15(28)3-4-26-5-7-30-8-6-26/h9-10H,3-8H2,1-2H3,(H,25,28)(H,23,24,29). The number of halogens is 3. The van der Waals surface area contributed by atoms with Crippen LogP contribution in [0.15, 0.2) is 12.1 Å². The van der Waals surface area contributed by atoms with E-state index in [0.29, 0.717) is 31.8 Å². The summed E-state index contributed by atoms with van der Waals surface area (Å²) in [6.07, 6.45) is -5.26. The van der Waals surface area contributed by atoms with Crippen molar-refractivity contribution in [2.24, 2.45) is 0 Å². The summed E-state index contributed by atoms with van der Waals surface area (Å²) in [6, 6.07) is 3.20. The largest absolute Gasteiger partial charge is 0.440 e. The Kier molecular flexibility index (Phi) is 4.97. The minimum absolute atomic E-state index is 0.122. The first kappa shape index (κ1) is 20.6. The Bertz CT molecular complexity index is 1010. The lowest BCUT2D eigenvalue weighted by Gasteiger charge is -2.32. The molecule has 0 spiro atoms. The van der Waals surface area contributed by atoms with Gasteiger partial charge in [-0.3, -0.25) is 24.4 Å². The summed E-state index contributed by atoms with van der Waals surface area (Å²) in [5.74, 6) is -2.49. The molecule has 0 bridgehead atoms. The van der Waals surface area contributed by atoms with E-state index in [1.165, 1.54) is 0 Å². The molecule has 30 heavy (non-hydrogen) atoms. The van der Waals surface area contributed by atoms with Crippen molar-refractivity contribution in [2.45, 2.75) is 32.1 Å². The van der Waals surface area contributed by atoms with Crippen LogP contribution in [0.5, 0.6) is 0 Å². The third kappa shape index (κ3) is 3.21. The maximum absolute atomic E-state index is 14.3. The number of carbonyl (C=O) groups excluding carboxylic acids is 2. The molecular weight excluding hydrogens is 403 g/mol. The number of fused-ring (bicyclic) bond motifs is 3. The highest BCUT2D eigenvalue weighted by molar-refractivity contribution is 6.05. The van der Waals surface area contributed by atoms with Gasteiger partial charge >= 0.3 is 6.18 Å². The van der Waals surface area contributed by atoms with Gasteiger partial charge in [0.05, 0.1) is 24.2 Å². The zero-order valence-corrected chi connectivity index (χ0v) is 16.6. The summed E-state index contributed by atoms with van der Waals surface area (Å²) in [5, 5.41) is 4.16. The Morgan fingerprint density at radius 3 is 2.60 bits per heavy atom. The van der Waals surface area contributed by atoms with Crippen LogP contribution in [0.1, 0.15) is 17.5 Å². The van der Waals surface area contributed by atoms with Crippen molar-refractivity contribution in [3.63, 3.8) is 0 Å². The minimum Gasteiger partial charge on any atom is -0.379 e. The number of alkyl halides is 3. The van der Waals surface area contributed by atoms with Gasteiger partial charge in [0.25, 0.3) is 11.6 Å². The molecule has 2 amide bonds. The molecule has 0 saturated carbocycles. The summed E-state index contributed by atoms with van der Waals surface area (Å²) < 4.78 is 49.0. The Balaban J connectivity index is 1.70. The number of imidazole rings is 1. The molecular formula is C19H22F3N5O3. The van der Waals surface area contributed by atoms with E-state index in [4.69, 9.17) is 4.74 Å². The van der Waals surface area contributed by atoms with Crippen LogP contribution in [0.3, 0.4) is 0 Å². The van der Waals surface area contributed by atoms with Crippen LogP contribution in [0.2, 0.25) is 0 Å². The van der Waals surface area contributed by atoms with Crippen molar-refractivity contribution in [3.8, 4) is 0 Å². The first-order valence-corrected chi connectivity index (χ1v) is 9.63. The number of aryl methyl sites for hydroxylation is 2. The van der Waals surface area contributed by atoms with Gasteiger partial charge in [-0.2, -0.15) is 13.2 Å². The van der Waals surface area contributed by atoms with Crippen molar-refractivity contribution in [1.82, 2.24) is 19.8 Å². The van der Waals surface area contributed by atoms with E-state index in [1.807, 2.05) is 17.1 Å². The monoisotopic (exact) mass is 425 g/mol. The number of benzene rings is 1. The summed E-state index contributed by atoms with van der Waals surface area (Å²) >= 11 is 0. The molecule has 2 N–H and O–H groups in total. The molecule has 3 heterocycles. The molecule has 2 aromatic rings. The van der Waals surface area contributed by atoms with E-state index < -0.39 is 23.7 Å². The third-order valence-electron chi connectivity index (χ3n) is 5.65. The lowest BCUT2D eigenvalue weighted by Crippen LogP contribution is -2.63. The van der Waals surface area contributed by atoms with E-state index in [0.717, 1.165) is 15.7 Å². The summed E-state index contributed by atoms with van der Waals surface area (Å²) in [7, 11) is 0. The van der Waals surface area contributed by atoms with E-state index in [2.05, 4.69) is 10.3 Å². The van der Waals surface area contributed by atoms with Gasteiger partial charge in [0.1, 0.15) is 0 Å². The SMILES string of the molecule is Cc1cc2nc3n(c2cc1C)C(NC(=O)CCN1CCOCC1)(C(F)(F)F)C(=O)N3. The van der Waals surface area contributed by atoms with E-state index in [1.54, 1.807) is 19.1 Å². The number of anilines is 1. The van der Waals surface area contributed by atoms with Gasteiger partial charge < -0.3 is 10.1 Å². The second-order valence-corrected chi connectivity index (χ2v) is 7.61. The number of nitrogens with zero attached hydrogens (tertiary/aromatic N) is 3. The molecule has 1 aromatic heterocycles. The highest BCUT2D eigenvalue weighted by atomic mass is 19.4. The number of nitrogens with one attached hydrogen (secondary N) is 2. The van der Waals surface area contributed by atoms with Crippen molar-refractivity contribution >= 4 is 28.8 Å². The average Bonchev–Trinajstić information content (AvgIpc) is 3.15. The maximum Gasteiger partial charge on any atom is 0.440 e. The Morgan fingerprint density at radius 2 is 1.93 bits per heavy atom. The number of amides is 2. The second kappa shape index (κ2) is 7.24. The van der Waals surface area contributed by atoms with Gasteiger partial charge in [-0.25, -0.2) is 4.98 Å². The molecule has 1 aromatic carbocycles. The molecule has 4 rings (SSSR count). The van der Waals surface area contributed by atoms with E-state index in [9.17, 15) is 22.8 Å². The Labute approximate surface area is 170 Å². The first-order valence-electron chi connectivity index (χ1n) is 9.63. The van der Waals surface area contributed by atoms with Gasteiger partial charge in [0, 0.05) is 26.1 Å². The van der Waals surface area contributed by atoms with Crippen molar-refractivity contribution in [2.75, 3.05) is 38.2 Å². The van der Waals surface area contributed by atoms with Crippen molar-refractivity contribution in [1.29, 1.82) is 0 Å². The molecule has 11 heteroatoms. The smallest absolute Gasteiger partial charge is 0.379 e. The number of hydrogen-bond acceptors (Lipinski definition) is 5. The zero-order valence-electron chi connectivity index (χ0n) is 16.6. The molecule has 1 fully saturated rings. The normalized spacial score (nSPS) is 22.2. The van der Waals surface area contributed by atoms with Crippen molar-refractivity contribution < 1.29 is 27.5 Å². The fourth-order valence-electron chi connectivity index (χ4n) is 3.84. The number of carbonyl (C=O) groups is 2. The maximum atomic E-state index is 14.3. The minimum atomic E-state index is -5.08. The molecule has 2 aliphatic heterocycles. The second-order valence-electron chi connectivity index (χ2n) is 7.61. The predicted molar refractivity (Wildman–Crippen MR) is 102 cm³/mol. The number of rotatable bonds is 4. The van der Waals surface area contributed by atoms with Gasteiger partial charge in [0.2, 0.25) is 11.9 Å². The van der Waals surface area contributed by atoms with Gasteiger partial charge in [-0.15, -0.1) is 0 Å². The zero-order chi connectivity index (χ0) is 21.7. The summed E-state index contributed by atoms with van der Waals surface area (Å²) in [6.45, 7) is 6.09. The summed E-state index contributed by atoms with van der Waals surface area (Å²) in [4.78, 5) is 31.2. The Hall–Kier alpha value is -2.66. The molecule has 8 nitrogen and oxygen atoms in total. The van der Waals surface area contributed by atoms with Crippen LogP contribution in [-0.2, 0) is 20.0 Å². The highest BCUT2D eigenvalue weighted by Crippen LogP contribution is 2.44. The van der Waals surface area contributed by atoms with Gasteiger partial charge in [-0.05, 0) is 37.1 Å². The number of ether oxygens (including phenoxy) is 1. The number of morpholine rings is 1. The van der Waals surface area contributed by atoms with Crippen molar-refractivity contribution in [3.05, 3.63) is 23.3 Å². The molecule has 0 aliphatic carbocycles. The molecule has 162 valence electrons. The number of hydrogen-bond donors (Lipinski definition) is 2. The van der Waals surface area contributed by atoms with Gasteiger partial charge in [0.15, 0.2) is 0 Å². The lowest BCUT2D eigenvalue weighted by molar-refractivity contribution is -0.217. The van der Waals surface area contributed by atoms with Crippen LogP contribution in [0.25, 0.3) is 11.0 Å². The highest BCUT2D eigenvalue weighted by Gasteiger charge is 2.67. The number of aromatic nitrogens is 2. The Morgan fingerprint density at radius 1 is 1.27 bits per heavy atom. The van der Waals surface area contributed by atoms with Gasteiger partial charge in [-0.1, -0.05) is 0 Å². The fourth-order valence-corrected chi connectivity index (χ4v) is 3.84. The molecule has 1 atom stereocenters.